The lowest BCUT2D eigenvalue weighted by Crippen LogP contribution is -2.56. The van der Waals surface area contributed by atoms with Crippen molar-refractivity contribution in [3.8, 4) is 0 Å². The molecule has 0 saturated carbocycles. The highest BCUT2D eigenvalue weighted by molar-refractivity contribution is 4.83. The Labute approximate surface area is 118 Å². The summed E-state index contributed by atoms with van der Waals surface area (Å²) in [5.41, 5.74) is -5.11. The fourth-order valence-corrected chi connectivity index (χ4v) is 1.50. The van der Waals surface area contributed by atoms with Crippen molar-refractivity contribution in [3.63, 3.8) is 0 Å². The van der Waals surface area contributed by atoms with Gasteiger partial charge in [0.2, 0.25) is 0 Å². The minimum atomic E-state index is -5.43. The first-order valence-corrected chi connectivity index (χ1v) is 6.20. The van der Waals surface area contributed by atoms with Crippen molar-refractivity contribution in [2.45, 2.75) is 77.1 Å². The summed E-state index contributed by atoms with van der Waals surface area (Å²) in [6.07, 6.45) is -15.5. The Balaban J connectivity index is 5.21. The predicted molar refractivity (Wildman–Crippen MR) is 61.2 cm³/mol. The lowest BCUT2D eigenvalue weighted by Gasteiger charge is -2.37. The maximum Gasteiger partial charge on any atom is 0.449 e. The van der Waals surface area contributed by atoms with E-state index in [1.165, 1.54) is 0 Å². The Morgan fingerprint density at radius 3 is 1.43 bits per heavy atom. The maximum absolute atomic E-state index is 13.5. The molecule has 0 fully saturated rings. The predicted octanol–water partition coefficient (Wildman–Crippen LogP) is 5.12. The monoisotopic (exact) mass is 328 g/mol. The van der Waals surface area contributed by atoms with Gasteiger partial charge < -0.3 is 4.74 Å². The summed E-state index contributed by atoms with van der Waals surface area (Å²) in [6.45, 7) is 4.35. The highest BCUT2D eigenvalue weighted by atomic mass is 19.4. The fraction of sp³-hybridized carbons (Fsp3) is 1.00. The van der Waals surface area contributed by atoms with E-state index < -0.39 is 29.6 Å². The van der Waals surface area contributed by atoms with Gasteiger partial charge in [-0.25, -0.2) is 0 Å². The molecule has 128 valence electrons. The molecule has 0 aromatic rings. The Bertz CT molecular complexity index is 348. The summed E-state index contributed by atoms with van der Waals surface area (Å²) in [6, 6.07) is 0. The minimum Gasteiger partial charge on any atom is -0.307 e. The third kappa shape index (κ3) is 5.28. The molecule has 0 heterocycles. The van der Waals surface area contributed by atoms with Crippen molar-refractivity contribution < 1.29 is 40.2 Å². The Hall–Kier alpha value is -0.570. The zero-order valence-electron chi connectivity index (χ0n) is 12.4. The molecule has 0 radical (unpaired) electrons. The molecule has 2 nitrogen and oxygen atoms in total. The topological polar surface area (TPSA) is 18.5 Å². The Morgan fingerprint density at radius 2 is 1.10 bits per heavy atom. The summed E-state index contributed by atoms with van der Waals surface area (Å²) in [4.78, 5) is 0. The van der Waals surface area contributed by atoms with E-state index in [4.69, 9.17) is 0 Å². The third-order valence-electron chi connectivity index (χ3n) is 2.66. The Kier molecular flexibility index (Phi) is 5.75. The number of hydrogen-bond donors (Lipinski definition) is 0. The van der Waals surface area contributed by atoms with Crippen molar-refractivity contribution in [1.82, 2.24) is 0 Å². The minimum absolute atomic E-state index is 0.0152. The normalized spacial score (nSPS) is 15.4. The second-order valence-corrected chi connectivity index (χ2v) is 5.76. The van der Waals surface area contributed by atoms with E-state index in [2.05, 4.69) is 9.47 Å². The van der Waals surface area contributed by atoms with Crippen molar-refractivity contribution >= 4 is 0 Å². The van der Waals surface area contributed by atoms with Crippen LogP contribution in [0.5, 0.6) is 0 Å². The zero-order chi connectivity index (χ0) is 17.3. The van der Waals surface area contributed by atoms with Gasteiger partial charge in [0, 0.05) is 0 Å². The smallest absolute Gasteiger partial charge is 0.307 e. The molecule has 0 aromatic carbocycles. The largest absolute Gasteiger partial charge is 0.449 e. The van der Waals surface area contributed by atoms with Crippen LogP contribution < -0.4 is 0 Å². The molecule has 0 aliphatic rings. The number of rotatable bonds is 7. The van der Waals surface area contributed by atoms with Crippen molar-refractivity contribution in [3.05, 3.63) is 0 Å². The van der Waals surface area contributed by atoms with Crippen LogP contribution in [0.25, 0.3) is 0 Å². The highest BCUT2D eigenvalue weighted by Gasteiger charge is 2.66. The van der Waals surface area contributed by atoms with Crippen molar-refractivity contribution in [2.75, 3.05) is 0 Å². The summed E-state index contributed by atoms with van der Waals surface area (Å²) in [7, 11) is 0. The van der Waals surface area contributed by atoms with Gasteiger partial charge in [-0.1, -0.05) is 13.3 Å². The Morgan fingerprint density at radius 1 is 0.714 bits per heavy atom. The molecular formula is C12H19F7O2. The summed E-state index contributed by atoms with van der Waals surface area (Å²) in [5.74, 6) is 0. The number of hydrogen-bond acceptors (Lipinski definition) is 2. The maximum atomic E-state index is 13.5. The van der Waals surface area contributed by atoms with Gasteiger partial charge in [-0.15, -0.1) is 0 Å². The van der Waals surface area contributed by atoms with E-state index in [1.807, 2.05) is 0 Å². The average molecular weight is 328 g/mol. The molecule has 0 rings (SSSR count). The van der Waals surface area contributed by atoms with Crippen LogP contribution in [0.15, 0.2) is 0 Å². The lowest BCUT2D eigenvalue weighted by atomic mass is 10.0. The van der Waals surface area contributed by atoms with E-state index in [9.17, 15) is 30.7 Å². The highest BCUT2D eigenvalue weighted by Crippen LogP contribution is 2.45. The summed E-state index contributed by atoms with van der Waals surface area (Å²) < 4.78 is 98.5. The van der Waals surface area contributed by atoms with Crippen molar-refractivity contribution in [2.24, 2.45) is 0 Å². The van der Waals surface area contributed by atoms with Crippen LogP contribution in [0, 0.1) is 0 Å². The zero-order valence-corrected chi connectivity index (χ0v) is 12.4. The lowest BCUT2D eigenvalue weighted by molar-refractivity contribution is -0.479. The quantitative estimate of drug-likeness (QED) is 0.604. The van der Waals surface area contributed by atoms with Gasteiger partial charge in [-0.05, 0) is 34.1 Å². The first-order chi connectivity index (χ1) is 8.97. The van der Waals surface area contributed by atoms with E-state index in [0.717, 1.165) is 13.8 Å². The van der Waals surface area contributed by atoms with Gasteiger partial charge in [-0.3, -0.25) is 4.74 Å². The van der Waals surface area contributed by atoms with Crippen LogP contribution in [-0.2, 0) is 9.47 Å². The summed E-state index contributed by atoms with van der Waals surface area (Å²) >= 11 is 0. The first kappa shape index (κ1) is 20.4. The molecule has 0 bridgehead atoms. The van der Waals surface area contributed by atoms with Gasteiger partial charge in [0.25, 0.3) is 0 Å². The SMILES string of the molecule is CCCC(C)(C)OC(F)(F)C(F)(F)OC(C)(C)C(F)(F)F. The van der Waals surface area contributed by atoms with Crippen LogP contribution in [0.4, 0.5) is 30.7 Å². The summed E-state index contributed by atoms with van der Waals surface area (Å²) in [5, 5.41) is 0. The third-order valence-corrected chi connectivity index (χ3v) is 2.66. The molecule has 9 heteroatoms. The molecule has 0 spiro atoms. The van der Waals surface area contributed by atoms with Gasteiger partial charge in [0.05, 0.1) is 5.60 Å². The molecule has 21 heavy (non-hydrogen) atoms. The van der Waals surface area contributed by atoms with Crippen LogP contribution in [0.2, 0.25) is 0 Å². The number of ether oxygens (including phenoxy) is 2. The van der Waals surface area contributed by atoms with Crippen molar-refractivity contribution in [1.29, 1.82) is 0 Å². The number of alkyl halides is 7. The van der Waals surface area contributed by atoms with Gasteiger partial charge in [0.1, 0.15) is 0 Å². The average Bonchev–Trinajstić information content (AvgIpc) is 2.10. The second kappa shape index (κ2) is 5.91. The second-order valence-electron chi connectivity index (χ2n) is 5.76. The number of halogens is 7. The van der Waals surface area contributed by atoms with E-state index >= 15 is 0 Å². The molecule has 0 amide bonds. The standard InChI is InChI=1S/C12H19F7O2/c1-6-7-8(2,3)20-11(16,17)12(18,19)21-9(4,5)10(13,14)15/h6-7H2,1-5H3. The molecular weight excluding hydrogens is 309 g/mol. The van der Waals surface area contributed by atoms with Crippen LogP contribution in [-0.4, -0.2) is 29.6 Å². The molecule has 0 aromatic heterocycles. The molecule has 0 unspecified atom stereocenters. The van der Waals surface area contributed by atoms with Crippen LogP contribution in [0.3, 0.4) is 0 Å². The molecule has 0 aliphatic heterocycles. The van der Waals surface area contributed by atoms with Crippen LogP contribution >= 0.6 is 0 Å². The first-order valence-electron chi connectivity index (χ1n) is 6.20. The van der Waals surface area contributed by atoms with Gasteiger partial charge in [-0.2, -0.15) is 30.7 Å². The molecule has 0 saturated heterocycles. The van der Waals surface area contributed by atoms with Gasteiger partial charge >= 0.3 is 18.4 Å². The van der Waals surface area contributed by atoms with Crippen LogP contribution in [0.1, 0.15) is 47.5 Å². The molecule has 0 atom stereocenters. The van der Waals surface area contributed by atoms with E-state index in [0.29, 0.717) is 6.42 Å². The fourth-order valence-electron chi connectivity index (χ4n) is 1.50. The molecule has 0 N–H and O–H groups in total. The van der Waals surface area contributed by atoms with Gasteiger partial charge in [0.15, 0.2) is 5.60 Å². The van der Waals surface area contributed by atoms with E-state index in [-0.39, 0.29) is 20.3 Å². The molecule has 0 aliphatic carbocycles. The van der Waals surface area contributed by atoms with E-state index in [1.54, 1.807) is 6.92 Å².